The van der Waals surface area contributed by atoms with Crippen molar-refractivity contribution in [2.45, 2.75) is 26.3 Å². The summed E-state index contributed by atoms with van der Waals surface area (Å²) in [6.45, 7) is 3.41. The van der Waals surface area contributed by atoms with Crippen LogP contribution in [0.1, 0.15) is 25.7 Å². The highest BCUT2D eigenvalue weighted by Crippen LogP contribution is 2.16. The van der Waals surface area contributed by atoms with Gasteiger partial charge in [0.05, 0.1) is 13.2 Å². The van der Waals surface area contributed by atoms with Gasteiger partial charge in [-0.25, -0.2) is 0 Å². The quantitative estimate of drug-likeness (QED) is 0.593. The van der Waals surface area contributed by atoms with Crippen LogP contribution >= 0.6 is 0 Å². The molecule has 0 unspecified atom stereocenters. The van der Waals surface area contributed by atoms with Crippen LogP contribution < -0.4 is 5.32 Å². The Hall–Kier alpha value is -2.21. The van der Waals surface area contributed by atoms with Gasteiger partial charge in [0.1, 0.15) is 0 Å². The largest absolute Gasteiger partial charge is 0.466 e. The van der Waals surface area contributed by atoms with Crippen molar-refractivity contribution >= 4 is 5.97 Å². The zero-order chi connectivity index (χ0) is 14.9. The summed E-state index contributed by atoms with van der Waals surface area (Å²) < 4.78 is 10.4. The van der Waals surface area contributed by atoms with E-state index in [-0.39, 0.29) is 5.97 Å². The summed E-state index contributed by atoms with van der Waals surface area (Å²) in [5.41, 5.74) is 0.901. The number of carbonyl (C=O) groups is 1. The van der Waals surface area contributed by atoms with E-state index in [9.17, 15) is 4.79 Å². The maximum absolute atomic E-state index is 11.1. The molecule has 0 amide bonds. The van der Waals surface area contributed by atoms with E-state index in [1.54, 1.807) is 6.92 Å². The Kier molecular flexibility index (Phi) is 5.90. The molecule has 0 radical (unpaired) electrons. The molecule has 0 aliphatic rings. The highest BCUT2D eigenvalue weighted by atomic mass is 16.5. The number of carbonyl (C=O) groups excluding carboxylic acids is 1. The molecule has 0 fully saturated rings. The fourth-order valence-corrected chi connectivity index (χ4v) is 1.81. The maximum Gasteiger partial charge on any atom is 0.305 e. The number of hydrogen-bond donors (Lipinski definition) is 1. The van der Waals surface area contributed by atoms with Crippen molar-refractivity contribution in [2.24, 2.45) is 0 Å². The van der Waals surface area contributed by atoms with Gasteiger partial charge >= 0.3 is 5.97 Å². The number of aromatic nitrogens is 2. The highest BCUT2D eigenvalue weighted by molar-refractivity contribution is 5.69. The number of hydrogen-bond acceptors (Lipinski definition) is 6. The maximum atomic E-state index is 11.1. The predicted octanol–water partition coefficient (Wildman–Crippen LogP) is 2.17. The summed E-state index contributed by atoms with van der Waals surface area (Å²) in [7, 11) is 0. The Labute approximate surface area is 123 Å². The molecule has 1 heterocycles. The van der Waals surface area contributed by atoms with Crippen LogP contribution in [-0.4, -0.2) is 29.3 Å². The number of benzene rings is 1. The van der Waals surface area contributed by atoms with Gasteiger partial charge in [0.15, 0.2) is 0 Å². The molecule has 112 valence electrons. The summed E-state index contributed by atoms with van der Waals surface area (Å²) in [6, 6.07) is 9.62. The first-order valence-corrected chi connectivity index (χ1v) is 7.03. The number of nitrogens with zero attached hydrogens (tertiary/aromatic N) is 2. The van der Waals surface area contributed by atoms with E-state index in [2.05, 4.69) is 15.5 Å². The van der Waals surface area contributed by atoms with E-state index in [1.807, 2.05) is 30.3 Å². The van der Waals surface area contributed by atoms with Gasteiger partial charge in [-0.15, -0.1) is 10.2 Å². The molecular formula is C15H19N3O3. The van der Waals surface area contributed by atoms with E-state index in [0.29, 0.717) is 37.9 Å². The van der Waals surface area contributed by atoms with E-state index >= 15 is 0 Å². The molecule has 6 heteroatoms. The summed E-state index contributed by atoms with van der Waals surface area (Å²) in [4.78, 5) is 11.1. The summed E-state index contributed by atoms with van der Waals surface area (Å²) in [5.74, 6) is 0.882. The van der Waals surface area contributed by atoms with Crippen molar-refractivity contribution in [1.29, 1.82) is 0 Å². The number of rotatable bonds is 8. The van der Waals surface area contributed by atoms with Gasteiger partial charge in [0.25, 0.3) is 0 Å². The Balaban J connectivity index is 1.70. The zero-order valence-electron chi connectivity index (χ0n) is 12.0. The lowest BCUT2D eigenvalue weighted by Crippen LogP contribution is -2.16. The van der Waals surface area contributed by atoms with Crippen LogP contribution in [0.5, 0.6) is 0 Å². The standard InChI is InChI=1S/C15H19N3O3/c1-2-20-14(19)9-6-10-16-11-13-17-18-15(21-13)12-7-4-3-5-8-12/h3-5,7-8,16H,2,6,9-11H2,1H3. The molecule has 0 bridgehead atoms. The number of ether oxygens (including phenoxy) is 1. The Bertz CT molecular complexity index is 554. The lowest BCUT2D eigenvalue weighted by atomic mass is 10.2. The molecule has 21 heavy (non-hydrogen) atoms. The minimum atomic E-state index is -0.163. The molecule has 1 aromatic heterocycles. The monoisotopic (exact) mass is 289 g/mol. The number of nitrogens with one attached hydrogen (secondary N) is 1. The molecule has 6 nitrogen and oxygen atoms in total. The third-order valence-corrected chi connectivity index (χ3v) is 2.80. The van der Waals surface area contributed by atoms with E-state index < -0.39 is 0 Å². The zero-order valence-corrected chi connectivity index (χ0v) is 12.0. The Morgan fingerprint density at radius 3 is 2.86 bits per heavy atom. The Morgan fingerprint density at radius 2 is 2.10 bits per heavy atom. The summed E-state index contributed by atoms with van der Waals surface area (Å²) in [5, 5.41) is 11.2. The average Bonchev–Trinajstić information content (AvgIpc) is 2.97. The first kappa shape index (κ1) is 15.2. The summed E-state index contributed by atoms with van der Waals surface area (Å²) in [6.07, 6.45) is 1.14. The van der Waals surface area contributed by atoms with Crippen molar-refractivity contribution in [3.63, 3.8) is 0 Å². The molecule has 0 saturated heterocycles. The van der Waals surface area contributed by atoms with Crippen LogP contribution in [0.4, 0.5) is 0 Å². The van der Waals surface area contributed by atoms with E-state index in [0.717, 1.165) is 12.0 Å². The normalized spacial score (nSPS) is 10.5. The first-order valence-electron chi connectivity index (χ1n) is 7.03. The van der Waals surface area contributed by atoms with Crippen LogP contribution in [0.15, 0.2) is 34.7 Å². The molecule has 0 aliphatic heterocycles. The van der Waals surface area contributed by atoms with Crippen molar-refractivity contribution in [2.75, 3.05) is 13.2 Å². The van der Waals surface area contributed by atoms with Gasteiger partial charge < -0.3 is 14.5 Å². The third kappa shape index (κ3) is 5.00. The molecule has 0 aliphatic carbocycles. The van der Waals surface area contributed by atoms with Crippen LogP contribution in [0.3, 0.4) is 0 Å². The second kappa shape index (κ2) is 8.16. The number of esters is 1. The van der Waals surface area contributed by atoms with Crippen LogP contribution in [-0.2, 0) is 16.1 Å². The van der Waals surface area contributed by atoms with Gasteiger partial charge in [0.2, 0.25) is 11.8 Å². The second-order valence-corrected chi connectivity index (χ2v) is 4.45. The van der Waals surface area contributed by atoms with Crippen molar-refractivity contribution < 1.29 is 13.9 Å². The van der Waals surface area contributed by atoms with Gasteiger partial charge in [-0.05, 0) is 32.0 Å². The van der Waals surface area contributed by atoms with E-state index in [1.165, 1.54) is 0 Å². The van der Waals surface area contributed by atoms with Crippen molar-refractivity contribution in [3.05, 3.63) is 36.2 Å². The second-order valence-electron chi connectivity index (χ2n) is 4.45. The van der Waals surface area contributed by atoms with Crippen LogP contribution in [0, 0.1) is 0 Å². The van der Waals surface area contributed by atoms with E-state index in [4.69, 9.17) is 9.15 Å². The summed E-state index contributed by atoms with van der Waals surface area (Å²) >= 11 is 0. The highest BCUT2D eigenvalue weighted by Gasteiger charge is 2.07. The molecule has 0 saturated carbocycles. The minimum absolute atomic E-state index is 0.163. The van der Waals surface area contributed by atoms with Gasteiger partial charge in [-0.1, -0.05) is 18.2 Å². The first-order chi connectivity index (χ1) is 10.3. The third-order valence-electron chi connectivity index (χ3n) is 2.80. The molecule has 0 spiro atoms. The molecule has 2 aromatic rings. The molecule has 0 atom stereocenters. The lowest BCUT2D eigenvalue weighted by Gasteiger charge is -2.02. The minimum Gasteiger partial charge on any atom is -0.466 e. The van der Waals surface area contributed by atoms with Crippen molar-refractivity contribution in [3.8, 4) is 11.5 Å². The predicted molar refractivity (Wildman–Crippen MR) is 77.3 cm³/mol. The smallest absolute Gasteiger partial charge is 0.305 e. The fraction of sp³-hybridized carbons (Fsp3) is 0.400. The Morgan fingerprint density at radius 1 is 1.29 bits per heavy atom. The molecular weight excluding hydrogens is 270 g/mol. The molecule has 1 N–H and O–H groups in total. The lowest BCUT2D eigenvalue weighted by molar-refractivity contribution is -0.143. The van der Waals surface area contributed by atoms with Gasteiger partial charge in [-0.3, -0.25) is 4.79 Å². The topological polar surface area (TPSA) is 77.2 Å². The average molecular weight is 289 g/mol. The molecule has 2 rings (SSSR count). The van der Waals surface area contributed by atoms with Gasteiger partial charge in [0, 0.05) is 12.0 Å². The molecule has 1 aromatic carbocycles. The SMILES string of the molecule is CCOC(=O)CCCNCc1nnc(-c2ccccc2)o1. The van der Waals surface area contributed by atoms with Gasteiger partial charge in [-0.2, -0.15) is 0 Å². The fourth-order valence-electron chi connectivity index (χ4n) is 1.81. The van der Waals surface area contributed by atoms with Crippen LogP contribution in [0.25, 0.3) is 11.5 Å². The van der Waals surface area contributed by atoms with Crippen molar-refractivity contribution in [1.82, 2.24) is 15.5 Å². The van der Waals surface area contributed by atoms with Crippen LogP contribution in [0.2, 0.25) is 0 Å².